The SMILES string of the molecule is Cl.Cl.NC1CCCC1C(=O)N1CCC(N2CCCC2)CC1. The van der Waals surface area contributed by atoms with Gasteiger partial charge >= 0.3 is 0 Å². The summed E-state index contributed by atoms with van der Waals surface area (Å²) in [5.41, 5.74) is 6.06. The van der Waals surface area contributed by atoms with Crippen LogP contribution in [0.4, 0.5) is 0 Å². The molecular formula is C15H29Cl2N3O. The minimum atomic E-state index is 0. The van der Waals surface area contributed by atoms with Crippen LogP contribution in [0.15, 0.2) is 0 Å². The number of amides is 1. The first-order valence-corrected chi connectivity index (χ1v) is 8.04. The number of piperidine rings is 1. The average molecular weight is 338 g/mol. The van der Waals surface area contributed by atoms with Crippen molar-refractivity contribution < 1.29 is 4.79 Å². The highest BCUT2D eigenvalue weighted by molar-refractivity contribution is 5.85. The van der Waals surface area contributed by atoms with E-state index in [-0.39, 0.29) is 36.8 Å². The average Bonchev–Trinajstić information content (AvgIpc) is 3.09. The number of halogens is 2. The van der Waals surface area contributed by atoms with Crippen LogP contribution in [0, 0.1) is 5.92 Å². The third-order valence-corrected chi connectivity index (χ3v) is 5.32. The minimum absolute atomic E-state index is 0. The second-order valence-electron chi connectivity index (χ2n) is 6.50. The zero-order valence-electron chi connectivity index (χ0n) is 12.7. The number of hydrogen-bond acceptors (Lipinski definition) is 3. The highest BCUT2D eigenvalue weighted by Gasteiger charge is 2.35. The first kappa shape index (κ1) is 19.0. The van der Waals surface area contributed by atoms with Gasteiger partial charge in [0.2, 0.25) is 5.91 Å². The van der Waals surface area contributed by atoms with E-state index in [9.17, 15) is 4.79 Å². The molecule has 0 radical (unpaired) electrons. The van der Waals surface area contributed by atoms with Gasteiger partial charge in [0.25, 0.3) is 0 Å². The molecule has 0 aromatic heterocycles. The number of likely N-dealkylation sites (tertiary alicyclic amines) is 2. The van der Waals surface area contributed by atoms with Gasteiger partial charge in [-0.1, -0.05) is 6.42 Å². The molecule has 4 nitrogen and oxygen atoms in total. The number of nitrogens with two attached hydrogens (primary N) is 1. The summed E-state index contributed by atoms with van der Waals surface area (Å²) in [7, 11) is 0. The lowest BCUT2D eigenvalue weighted by Gasteiger charge is -2.38. The molecule has 0 spiro atoms. The van der Waals surface area contributed by atoms with Crippen LogP contribution in [0.3, 0.4) is 0 Å². The predicted octanol–water partition coefficient (Wildman–Crippen LogP) is 2.04. The van der Waals surface area contributed by atoms with Crippen molar-refractivity contribution in [1.29, 1.82) is 0 Å². The normalized spacial score (nSPS) is 30.8. The topological polar surface area (TPSA) is 49.6 Å². The Balaban J connectivity index is 0.00000110. The standard InChI is InChI=1S/C15H27N3O.2ClH/c16-14-5-3-4-13(14)15(19)18-10-6-12(7-11-18)17-8-1-2-9-17;;/h12-14H,1-11,16H2;2*1H. The Morgan fingerprint density at radius 3 is 2.00 bits per heavy atom. The molecule has 1 aliphatic carbocycles. The van der Waals surface area contributed by atoms with Crippen LogP contribution in [0.25, 0.3) is 0 Å². The van der Waals surface area contributed by atoms with E-state index < -0.39 is 0 Å². The lowest BCUT2D eigenvalue weighted by atomic mass is 9.98. The van der Waals surface area contributed by atoms with Gasteiger partial charge in [0.1, 0.15) is 0 Å². The highest BCUT2D eigenvalue weighted by Crippen LogP contribution is 2.28. The molecule has 2 N–H and O–H groups in total. The van der Waals surface area contributed by atoms with Crippen LogP contribution in [0.5, 0.6) is 0 Å². The maximum Gasteiger partial charge on any atom is 0.227 e. The van der Waals surface area contributed by atoms with Crippen molar-refractivity contribution in [3.63, 3.8) is 0 Å². The van der Waals surface area contributed by atoms with Crippen LogP contribution in [-0.4, -0.2) is 54.0 Å². The first-order chi connectivity index (χ1) is 9.25. The number of carbonyl (C=O) groups is 1. The molecule has 124 valence electrons. The first-order valence-electron chi connectivity index (χ1n) is 8.04. The molecule has 2 heterocycles. The van der Waals surface area contributed by atoms with Crippen LogP contribution >= 0.6 is 24.8 Å². The summed E-state index contributed by atoms with van der Waals surface area (Å²) >= 11 is 0. The molecule has 2 atom stereocenters. The molecule has 0 aromatic carbocycles. The third-order valence-electron chi connectivity index (χ3n) is 5.32. The number of rotatable bonds is 2. The van der Waals surface area contributed by atoms with Crippen molar-refractivity contribution in [2.75, 3.05) is 26.2 Å². The summed E-state index contributed by atoms with van der Waals surface area (Å²) in [6, 6.07) is 0.840. The minimum Gasteiger partial charge on any atom is -0.342 e. The van der Waals surface area contributed by atoms with Crippen molar-refractivity contribution in [1.82, 2.24) is 9.80 Å². The van der Waals surface area contributed by atoms with Gasteiger partial charge in [-0.15, -0.1) is 24.8 Å². The van der Waals surface area contributed by atoms with Gasteiger partial charge < -0.3 is 15.5 Å². The van der Waals surface area contributed by atoms with Crippen LogP contribution in [-0.2, 0) is 4.79 Å². The third kappa shape index (κ3) is 4.25. The zero-order chi connectivity index (χ0) is 13.2. The number of nitrogens with zero attached hydrogens (tertiary/aromatic N) is 2. The van der Waals surface area contributed by atoms with Crippen molar-refractivity contribution >= 4 is 30.7 Å². The summed E-state index contributed by atoms with van der Waals surface area (Å²) in [6.45, 7) is 4.44. The van der Waals surface area contributed by atoms with Crippen molar-refractivity contribution in [2.45, 2.75) is 57.0 Å². The molecule has 6 heteroatoms. The molecule has 2 unspecified atom stereocenters. The molecular weight excluding hydrogens is 309 g/mol. The molecule has 21 heavy (non-hydrogen) atoms. The second kappa shape index (κ2) is 8.56. The summed E-state index contributed by atoms with van der Waals surface area (Å²) < 4.78 is 0. The fourth-order valence-corrected chi connectivity index (χ4v) is 4.09. The molecule has 2 saturated heterocycles. The lowest BCUT2D eigenvalue weighted by Crippen LogP contribution is -2.49. The molecule has 3 aliphatic rings. The lowest BCUT2D eigenvalue weighted by molar-refractivity contribution is -0.137. The van der Waals surface area contributed by atoms with E-state index in [4.69, 9.17) is 5.73 Å². The quantitative estimate of drug-likeness (QED) is 0.838. The maximum absolute atomic E-state index is 12.5. The van der Waals surface area contributed by atoms with E-state index >= 15 is 0 Å². The fourth-order valence-electron chi connectivity index (χ4n) is 4.09. The fraction of sp³-hybridized carbons (Fsp3) is 0.933. The van der Waals surface area contributed by atoms with Gasteiger partial charge in [-0.05, 0) is 51.6 Å². The predicted molar refractivity (Wildman–Crippen MR) is 90.2 cm³/mol. The summed E-state index contributed by atoms with van der Waals surface area (Å²) in [4.78, 5) is 17.2. The Morgan fingerprint density at radius 2 is 1.48 bits per heavy atom. The Bertz CT molecular complexity index is 329. The number of carbonyl (C=O) groups excluding carboxylic acids is 1. The van der Waals surface area contributed by atoms with E-state index in [1.54, 1.807) is 0 Å². The Labute approximate surface area is 140 Å². The van der Waals surface area contributed by atoms with Crippen molar-refractivity contribution in [3.8, 4) is 0 Å². The summed E-state index contributed by atoms with van der Waals surface area (Å²) in [6.07, 6.45) is 8.20. The molecule has 3 fully saturated rings. The maximum atomic E-state index is 12.5. The largest absolute Gasteiger partial charge is 0.342 e. The van der Waals surface area contributed by atoms with E-state index in [0.29, 0.717) is 5.91 Å². The van der Waals surface area contributed by atoms with Gasteiger partial charge in [0.15, 0.2) is 0 Å². The second-order valence-corrected chi connectivity index (χ2v) is 6.50. The van der Waals surface area contributed by atoms with Gasteiger partial charge in [-0.25, -0.2) is 0 Å². The Hall–Kier alpha value is -0.0300. The smallest absolute Gasteiger partial charge is 0.227 e. The van der Waals surface area contributed by atoms with Crippen LogP contribution < -0.4 is 5.73 Å². The van der Waals surface area contributed by atoms with Gasteiger partial charge in [0.05, 0.1) is 5.92 Å². The van der Waals surface area contributed by atoms with E-state index in [1.165, 1.54) is 25.9 Å². The van der Waals surface area contributed by atoms with E-state index in [2.05, 4.69) is 9.80 Å². The molecule has 1 saturated carbocycles. The van der Waals surface area contributed by atoms with E-state index in [0.717, 1.165) is 51.2 Å². The number of hydrogen-bond donors (Lipinski definition) is 1. The Kier molecular flexibility index (Phi) is 7.75. The van der Waals surface area contributed by atoms with Crippen LogP contribution in [0.1, 0.15) is 44.9 Å². The molecule has 3 rings (SSSR count). The Morgan fingerprint density at radius 1 is 0.857 bits per heavy atom. The van der Waals surface area contributed by atoms with Gasteiger partial charge in [-0.3, -0.25) is 4.79 Å². The van der Waals surface area contributed by atoms with Gasteiger partial charge in [0, 0.05) is 25.2 Å². The molecule has 2 aliphatic heterocycles. The molecule has 0 bridgehead atoms. The monoisotopic (exact) mass is 337 g/mol. The van der Waals surface area contributed by atoms with Gasteiger partial charge in [-0.2, -0.15) is 0 Å². The highest BCUT2D eigenvalue weighted by atomic mass is 35.5. The van der Waals surface area contributed by atoms with Crippen molar-refractivity contribution in [3.05, 3.63) is 0 Å². The molecule has 1 amide bonds. The molecule has 0 aromatic rings. The summed E-state index contributed by atoms with van der Waals surface area (Å²) in [5.74, 6) is 0.452. The van der Waals surface area contributed by atoms with Crippen LogP contribution in [0.2, 0.25) is 0 Å². The zero-order valence-corrected chi connectivity index (χ0v) is 14.3. The van der Waals surface area contributed by atoms with E-state index in [1.807, 2.05) is 0 Å². The summed E-state index contributed by atoms with van der Waals surface area (Å²) in [5, 5.41) is 0. The van der Waals surface area contributed by atoms with Crippen molar-refractivity contribution in [2.24, 2.45) is 11.7 Å².